The Morgan fingerprint density at radius 1 is 1.38 bits per heavy atom. The lowest BCUT2D eigenvalue weighted by molar-refractivity contribution is 0.101. The molecule has 0 amide bonds. The van der Waals surface area contributed by atoms with E-state index in [-0.39, 0.29) is 12.4 Å². The quantitative estimate of drug-likeness (QED) is 0.667. The van der Waals surface area contributed by atoms with Gasteiger partial charge in [0.15, 0.2) is 5.78 Å². The maximum Gasteiger partial charge on any atom is 0.159 e. The van der Waals surface area contributed by atoms with Crippen molar-refractivity contribution in [2.24, 2.45) is 0 Å². The van der Waals surface area contributed by atoms with Crippen LogP contribution in [0.1, 0.15) is 17.3 Å². The zero-order chi connectivity index (χ0) is 9.68. The van der Waals surface area contributed by atoms with E-state index in [1.807, 2.05) is 0 Å². The van der Waals surface area contributed by atoms with E-state index in [9.17, 15) is 9.18 Å². The first-order valence-electron chi connectivity index (χ1n) is 4.04. The maximum absolute atomic E-state index is 11.7. The fourth-order valence-corrected chi connectivity index (χ4v) is 0.942. The molecule has 0 aliphatic heterocycles. The molecule has 0 aliphatic carbocycles. The van der Waals surface area contributed by atoms with Gasteiger partial charge in [-0.2, -0.15) is 0 Å². The molecule has 0 aromatic heterocycles. The van der Waals surface area contributed by atoms with Crippen LogP contribution in [0.3, 0.4) is 0 Å². The highest BCUT2D eigenvalue weighted by molar-refractivity contribution is 5.94. The molecule has 0 saturated heterocycles. The first-order valence-corrected chi connectivity index (χ1v) is 4.04. The molecule has 0 N–H and O–H groups in total. The highest BCUT2D eigenvalue weighted by Gasteiger charge is 1.98. The van der Waals surface area contributed by atoms with Crippen LogP contribution in [-0.2, 0) is 0 Å². The number of alkyl halides is 1. The molecule has 0 aliphatic rings. The van der Waals surface area contributed by atoms with Crippen LogP contribution < -0.4 is 4.74 Å². The lowest BCUT2D eigenvalue weighted by Gasteiger charge is -2.03. The van der Waals surface area contributed by atoms with Crippen LogP contribution in [-0.4, -0.2) is 19.1 Å². The molecule has 70 valence electrons. The standard InChI is InChI=1S/C10H11FO2/c1-8(12)9-2-4-10(5-3-9)13-7-6-11/h2-5H,6-7H2,1H3. The van der Waals surface area contributed by atoms with Gasteiger partial charge < -0.3 is 4.74 Å². The second-order valence-corrected chi connectivity index (χ2v) is 2.62. The summed E-state index contributed by atoms with van der Waals surface area (Å²) in [6.07, 6.45) is 0. The summed E-state index contributed by atoms with van der Waals surface area (Å²) >= 11 is 0. The van der Waals surface area contributed by atoms with Crippen LogP contribution in [0.2, 0.25) is 0 Å². The van der Waals surface area contributed by atoms with Gasteiger partial charge in [0.05, 0.1) is 0 Å². The Hall–Kier alpha value is -1.38. The molecule has 0 fully saturated rings. The second kappa shape index (κ2) is 4.60. The molecule has 0 bridgehead atoms. The van der Waals surface area contributed by atoms with E-state index in [2.05, 4.69) is 0 Å². The van der Waals surface area contributed by atoms with E-state index in [0.29, 0.717) is 11.3 Å². The number of rotatable bonds is 4. The number of carbonyl (C=O) groups excluding carboxylic acids is 1. The average molecular weight is 182 g/mol. The summed E-state index contributed by atoms with van der Waals surface area (Å²) in [5, 5.41) is 0. The summed E-state index contributed by atoms with van der Waals surface area (Å²) in [5.74, 6) is 0.597. The summed E-state index contributed by atoms with van der Waals surface area (Å²) in [4.78, 5) is 10.9. The molecule has 1 aromatic carbocycles. The Morgan fingerprint density at radius 2 is 2.00 bits per heavy atom. The van der Waals surface area contributed by atoms with Crippen molar-refractivity contribution < 1.29 is 13.9 Å². The first kappa shape index (κ1) is 9.71. The molecule has 0 unspecified atom stereocenters. The smallest absolute Gasteiger partial charge is 0.159 e. The van der Waals surface area contributed by atoms with E-state index < -0.39 is 6.67 Å². The summed E-state index contributed by atoms with van der Waals surface area (Å²) in [7, 11) is 0. The minimum Gasteiger partial charge on any atom is -0.491 e. The van der Waals surface area contributed by atoms with Gasteiger partial charge in [0, 0.05) is 5.56 Å². The molecule has 0 heterocycles. The minimum absolute atomic E-state index is 0.0111. The minimum atomic E-state index is -0.505. The van der Waals surface area contributed by atoms with E-state index in [1.165, 1.54) is 6.92 Å². The topological polar surface area (TPSA) is 26.3 Å². The van der Waals surface area contributed by atoms with Gasteiger partial charge in [0.1, 0.15) is 19.0 Å². The number of halogens is 1. The number of carbonyl (C=O) groups is 1. The van der Waals surface area contributed by atoms with Crippen molar-refractivity contribution in [3.8, 4) is 5.75 Å². The van der Waals surface area contributed by atoms with E-state index in [1.54, 1.807) is 24.3 Å². The third-order valence-electron chi connectivity index (χ3n) is 1.61. The van der Waals surface area contributed by atoms with Crippen LogP contribution in [0, 0.1) is 0 Å². The van der Waals surface area contributed by atoms with Crippen LogP contribution in [0.5, 0.6) is 5.75 Å². The highest BCUT2D eigenvalue weighted by Crippen LogP contribution is 2.12. The van der Waals surface area contributed by atoms with Crippen LogP contribution in [0.4, 0.5) is 4.39 Å². The summed E-state index contributed by atoms with van der Waals surface area (Å²) in [6, 6.07) is 6.64. The van der Waals surface area contributed by atoms with Crippen LogP contribution >= 0.6 is 0 Å². The molecule has 1 aromatic rings. The van der Waals surface area contributed by atoms with Crippen molar-refractivity contribution in [1.82, 2.24) is 0 Å². The molecule has 2 nitrogen and oxygen atoms in total. The normalized spacial score (nSPS) is 9.69. The van der Waals surface area contributed by atoms with Gasteiger partial charge in [-0.05, 0) is 31.2 Å². The van der Waals surface area contributed by atoms with Crippen molar-refractivity contribution in [3.63, 3.8) is 0 Å². The Balaban J connectivity index is 2.64. The molecule has 0 saturated carbocycles. The van der Waals surface area contributed by atoms with Gasteiger partial charge in [0.25, 0.3) is 0 Å². The van der Waals surface area contributed by atoms with Crippen molar-refractivity contribution in [2.45, 2.75) is 6.92 Å². The Morgan fingerprint density at radius 3 is 2.46 bits per heavy atom. The number of ketones is 1. The largest absolute Gasteiger partial charge is 0.491 e. The molecule has 1 rings (SSSR count). The van der Waals surface area contributed by atoms with E-state index in [0.717, 1.165) is 0 Å². The monoisotopic (exact) mass is 182 g/mol. The predicted molar refractivity (Wildman–Crippen MR) is 47.9 cm³/mol. The SMILES string of the molecule is CC(=O)c1ccc(OCCF)cc1. The number of Topliss-reactive ketones (excluding diaryl/α,β-unsaturated/α-hetero) is 1. The Bertz CT molecular complexity index is 279. The second-order valence-electron chi connectivity index (χ2n) is 2.62. The summed E-state index contributed by atoms with van der Waals surface area (Å²) < 4.78 is 16.7. The predicted octanol–water partition coefficient (Wildman–Crippen LogP) is 2.24. The zero-order valence-corrected chi connectivity index (χ0v) is 7.42. The zero-order valence-electron chi connectivity index (χ0n) is 7.42. The summed E-state index contributed by atoms with van der Waals surface area (Å²) in [5.41, 5.74) is 0.632. The molecular formula is C10H11FO2. The van der Waals surface area contributed by atoms with Gasteiger partial charge in [-0.25, -0.2) is 4.39 Å². The number of ether oxygens (including phenoxy) is 1. The van der Waals surface area contributed by atoms with Gasteiger partial charge in [-0.3, -0.25) is 4.79 Å². The van der Waals surface area contributed by atoms with Gasteiger partial charge >= 0.3 is 0 Å². The molecule has 0 radical (unpaired) electrons. The number of benzene rings is 1. The fraction of sp³-hybridized carbons (Fsp3) is 0.300. The summed E-state index contributed by atoms with van der Waals surface area (Å²) in [6.45, 7) is 1.05. The van der Waals surface area contributed by atoms with Crippen LogP contribution in [0.15, 0.2) is 24.3 Å². The van der Waals surface area contributed by atoms with E-state index in [4.69, 9.17) is 4.74 Å². The van der Waals surface area contributed by atoms with Crippen molar-refractivity contribution in [3.05, 3.63) is 29.8 Å². The number of hydrogen-bond acceptors (Lipinski definition) is 2. The van der Waals surface area contributed by atoms with Gasteiger partial charge in [-0.1, -0.05) is 0 Å². The third-order valence-corrected chi connectivity index (χ3v) is 1.61. The van der Waals surface area contributed by atoms with E-state index >= 15 is 0 Å². The highest BCUT2D eigenvalue weighted by atomic mass is 19.1. The number of hydrogen-bond donors (Lipinski definition) is 0. The third kappa shape index (κ3) is 2.86. The first-order chi connectivity index (χ1) is 6.24. The molecule has 3 heteroatoms. The Kier molecular flexibility index (Phi) is 3.43. The fourth-order valence-electron chi connectivity index (χ4n) is 0.942. The van der Waals surface area contributed by atoms with Crippen molar-refractivity contribution in [1.29, 1.82) is 0 Å². The molecule has 13 heavy (non-hydrogen) atoms. The molecule has 0 atom stereocenters. The maximum atomic E-state index is 11.7. The Labute approximate surface area is 76.3 Å². The molecular weight excluding hydrogens is 171 g/mol. The van der Waals surface area contributed by atoms with Gasteiger partial charge in [0.2, 0.25) is 0 Å². The average Bonchev–Trinajstić information content (AvgIpc) is 2.15. The van der Waals surface area contributed by atoms with Gasteiger partial charge in [-0.15, -0.1) is 0 Å². The van der Waals surface area contributed by atoms with Crippen molar-refractivity contribution in [2.75, 3.05) is 13.3 Å². The molecule has 0 spiro atoms. The lowest BCUT2D eigenvalue weighted by atomic mass is 10.1. The lowest BCUT2D eigenvalue weighted by Crippen LogP contribution is -1.99. The van der Waals surface area contributed by atoms with Crippen LogP contribution in [0.25, 0.3) is 0 Å². The van der Waals surface area contributed by atoms with Crippen molar-refractivity contribution >= 4 is 5.78 Å².